The minimum Gasteiger partial charge on any atom is -0.397 e. The molecule has 0 heterocycles. The first-order chi connectivity index (χ1) is 8.11. The predicted octanol–water partition coefficient (Wildman–Crippen LogP) is 3.19. The molecule has 1 rings (SSSR count). The summed E-state index contributed by atoms with van der Waals surface area (Å²) in [4.78, 5) is 0. The van der Waals surface area contributed by atoms with E-state index >= 15 is 0 Å². The third-order valence-electron chi connectivity index (χ3n) is 2.66. The van der Waals surface area contributed by atoms with Gasteiger partial charge in [-0.15, -0.1) is 0 Å². The molecule has 0 amide bonds. The highest BCUT2D eigenvalue weighted by Gasteiger charge is 2.00. The van der Waals surface area contributed by atoms with Crippen LogP contribution in [0.1, 0.15) is 32.3 Å². The lowest BCUT2D eigenvalue weighted by molar-refractivity contribution is 0.0765. The van der Waals surface area contributed by atoms with Crippen LogP contribution in [0.5, 0.6) is 0 Å². The molecule has 17 heavy (non-hydrogen) atoms. The fourth-order valence-electron chi connectivity index (χ4n) is 1.60. The summed E-state index contributed by atoms with van der Waals surface area (Å²) in [5, 5.41) is 3.36. The topological polar surface area (TPSA) is 47.3 Å². The lowest BCUT2D eigenvalue weighted by Crippen LogP contribution is -2.08. The lowest BCUT2D eigenvalue weighted by Gasteiger charge is -2.11. The molecule has 0 spiro atoms. The van der Waals surface area contributed by atoms with E-state index in [1.165, 1.54) is 0 Å². The first-order valence-electron chi connectivity index (χ1n) is 6.32. The van der Waals surface area contributed by atoms with Crippen molar-refractivity contribution in [2.45, 2.75) is 39.7 Å². The van der Waals surface area contributed by atoms with Gasteiger partial charge in [-0.05, 0) is 45.2 Å². The van der Waals surface area contributed by atoms with E-state index in [4.69, 9.17) is 10.5 Å². The second kappa shape index (κ2) is 7.17. The molecule has 3 N–H and O–H groups in total. The quantitative estimate of drug-likeness (QED) is 0.564. The van der Waals surface area contributed by atoms with Crippen LogP contribution in [0.25, 0.3) is 0 Å². The summed E-state index contributed by atoms with van der Waals surface area (Å²) in [6.45, 7) is 7.92. The van der Waals surface area contributed by atoms with Crippen molar-refractivity contribution >= 4 is 11.4 Å². The Labute approximate surface area is 104 Å². The summed E-state index contributed by atoms with van der Waals surface area (Å²) in [5.41, 5.74) is 8.99. The van der Waals surface area contributed by atoms with E-state index in [0.29, 0.717) is 6.10 Å². The Bertz CT molecular complexity index is 337. The van der Waals surface area contributed by atoms with Crippen molar-refractivity contribution in [2.24, 2.45) is 0 Å². The van der Waals surface area contributed by atoms with E-state index in [0.717, 1.165) is 42.9 Å². The first-order valence-corrected chi connectivity index (χ1v) is 6.32. The average Bonchev–Trinajstić information content (AvgIpc) is 2.28. The number of ether oxygens (including phenoxy) is 1. The van der Waals surface area contributed by atoms with E-state index in [-0.39, 0.29) is 0 Å². The zero-order valence-corrected chi connectivity index (χ0v) is 11.1. The Morgan fingerprint density at radius 2 is 2.06 bits per heavy atom. The maximum atomic E-state index is 5.98. The Morgan fingerprint density at radius 1 is 1.29 bits per heavy atom. The third-order valence-corrected chi connectivity index (χ3v) is 2.66. The molecule has 0 fully saturated rings. The van der Waals surface area contributed by atoms with Crippen LogP contribution in [0, 0.1) is 6.92 Å². The number of aryl methyl sites for hydroxylation is 1. The van der Waals surface area contributed by atoms with Crippen LogP contribution in [0.3, 0.4) is 0 Å². The lowest BCUT2D eigenvalue weighted by atomic mass is 10.1. The molecular weight excluding hydrogens is 212 g/mol. The van der Waals surface area contributed by atoms with Gasteiger partial charge in [-0.3, -0.25) is 0 Å². The van der Waals surface area contributed by atoms with Crippen LogP contribution in [-0.4, -0.2) is 19.3 Å². The third kappa shape index (κ3) is 5.09. The molecule has 96 valence electrons. The molecule has 0 radical (unpaired) electrons. The molecule has 0 saturated carbocycles. The first kappa shape index (κ1) is 13.8. The number of hydrogen-bond acceptors (Lipinski definition) is 3. The molecule has 1 aromatic carbocycles. The summed E-state index contributed by atoms with van der Waals surface area (Å²) in [6, 6.07) is 6.07. The van der Waals surface area contributed by atoms with E-state index in [2.05, 4.69) is 19.2 Å². The minimum atomic E-state index is 0.329. The monoisotopic (exact) mass is 236 g/mol. The van der Waals surface area contributed by atoms with Crippen molar-refractivity contribution in [3.63, 3.8) is 0 Å². The fraction of sp³-hybridized carbons (Fsp3) is 0.571. The summed E-state index contributed by atoms with van der Waals surface area (Å²) in [6.07, 6.45) is 2.51. The molecule has 3 nitrogen and oxygen atoms in total. The van der Waals surface area contributed by atoms with Gasteiger partial charge in [0.2, 0.25) is 0 Å². The molecule has 0 aliphatic carbocycles. The number of nitrogen functional groups attached to an aromatic ring is 1. The van der Waals surface area contributed by atoms with Crippen LogP contribution >= 0.6 is 0 Å². The van der Waals surface area contributed by atoms with Gasteiger partial charge in [0, 0.05) is 13.2 Å². The van der Waals surface area contributed by atoms with Gasteiger partial charge in [0.25, 0.3) is 0 Å². The summed E-state index contributed by atoms with van der Waals surface area (Å²) in [5.74, 6) is 0. The van der Waals surface area contributed by atoms with E-state index in [1.807, 2.05) is 25.1 Å². The van der Waals surface area contributed by atoms with E-state index in [1.54, 1.807) is 0 Å². The number of rotatable bonds is 7. The number of benzene rings is 1. The molecule has 0 aliphatic rings. The Morgan fingerprint density at radius 3 is 2.76 bits per heavy atom. The van der Waals surface area contributed by atoms with Crippen LogP contribution in [0.15, 0.2) is 18.2 Å². The highest BCUT2D eigenvalue weighted by Crippen LogP contribution is 2.21. The maximum Gasteiger partial charge on any atom is 0.0579 e. The zero-order chi connectivity index (χ0) is 12.7. The molecule has 0 unspecified atom stereocenters. The van der Waals surface area contributed by atoms with Crippen molar-refractivity contribution < 1.29 is 4.74 Å². The van der Waals surface area contributed by atoms with Gasteiger partial charge in [-0.2, -0.15) is 0 Å². The summed E-state index contributed by atoms with van der Waals surface area (Å²) < 4.78 is 5.48. The van der Waals surface area contributed by atoms with Crippen LogP contribution in [0.4, 0.5) is 11.4 Å². The molecule has 0 aromatic heterocycles. The number of para-hydroxylation sites is 1. The van der Waals surface area contributed by atoms with Gasteiger partial charge in [-0.25, -0.2) is 0 Å². The van der Waals surface area contributed by atoms with Gasteiger partial charge < -0.3 is 15.8 Å². The second-order valence-corrected chi connectivity index (χ2v) is 4.59. The molecule has 0 bridgehead atoms. The fourth-order valence-corrected chi connectivity index (χ4v) is 1.60. The molecular formula is C14H24N2O. The van der Waals surface area contributed by atoms with Gasteiger partial charge >= 0.3 is 0 Å². The predicted molar refractivity (Wildman–Crippen MR) is 74.4 cm³/mol. The SMILES string of the molecule is Cc1cccc(NCCCCOC(C)C)c1N. The van der Waals surface area contributed by atoms with Crippen molar-refractivity contribution in [3.05, 3.63) is 23.8 Å². The molecule has 0 aliphatic heterocycles. The van der Waals surface area contributed by atoms with Gasteiger partial charge in [0.15, 0.2) is 0 Å². The molecule has 3 heteroatoms. The average molecular weight is 236 g/mol. The van der Waals surface area contributed by atoms with Gasteiger partial charge in [0.1, 0.15) is 0 Å². The number of hydrogen-bond donors (Lipinski definition) is 2. The maximum absolute atomic E-state index is 5.98. The van der Waals surface area contributed by atoms with Gasteiger partial charge in [0.05, 0.1) is 17.5 Å². The van der Waals surface area contributed by atoms with Crippen molar-refractivity contribution in [1.29, 1.82) is 0 Å². The molecule has 0 saturated heterocycles. The molecule has 0 atom stereocenters. The summed E-state index contributed by atoms with van der Waals surface area (Å²) in [7, 11) is 0. The smallest absolute Gasteiger partial charge is 0.0579 e. The Hall–Kier alpha value is -1.22. The van der Waals surface area contributed by atoms with Crippen molar-refractivity contribution in [2.75, 3.05) is 24.2 Å². The highest BCUT2D eigenvalue weighted by molar-refractivity contribution is 5.69. The number of unbranched alkanes of at least 4 members (excludes halogenated alkanes) is 1. The normalized spacial score (nSPS) is 10.8. The van der Waals surface area contributed by atoms with Crippen molar-refractivity contribution in [1.82, 2.24) is 0 Å². The van der Waals surface area contributed by atoms with Crippen LogP contribution < -0.4 is 11.1 Å². The largest absolute Gasteiger partial charge is 0.397 e. The number of nitrogens with two attached hydrogens (primary N) is 1. The number of anilines is 2. The minimum absolute atomic E-state index is 0.329. The van der Waals surface area contributed by atoms with E-state index in [9.17, 15) is 0 Å². The van der Waals surface area contributed by atoms with Crippen LogP contribution in [-0.2, 0) is 4.74 Å². The second-order valence-electron chi connectivity index (χ2n) is 4.59. The molecule has 1 aromatic rings. The number of nitrogens with one attached hydrogen (secondary N) is 1. The Kier molecular flexibility index (Phi) is 5.84. The van der Waals surface area contributed by atoms with Crippen LogP contribution in [0.2, 0.25) is 0 Å². The van der Waals surface area contributed by atoms with Gasteiger partial charge in [-0.1, -0.05) is 12.1 Å². The van der Waals surface area contributed by atoms with E-state index < -0.39 is 0 Å². The standard InChI is InChI=1S/C14H24N2O/c1-11(2)17-10-5-4-9-16-13-8-6-7-12(3)14(13)15/h6-8,11,16H,4-5,9-10,15H2,1-3H3. The van der Waals surface area contributed by atoms with Crippen molar-refractivity contribution in [3.8, 4) is 0 Å². The Balaban J connectivity index is 2.20. The zero-order valence-electron chi connectivity index (χ0n) is 11.1. The summed E-state index contributed by atoms with van der Waals surface area (Å²) >= 11 is 0. The highest BCUT2D eigenvalue weighted by atomic mass is 16.5.